The molecule has 1 aliphatic carbocycles. The molecule has 1 N–H and O–H groups in total. The van der Waals surface area contributed by atoms with Crippen molar-refractivity contribution in [2.75, 3.05) is 6.54 Å². The zero-order chi connectivity index (χ0) is 8.73. The quantitative estimate of drug-likeness (QED) is 0.700. The zero-order valence-corrected chi connectivity index (χ0v) is 7.66. The van der Waals surface area contributed by atoms with Crippen molar-refractivity contribution in [2.45, 2.75) is 24.8 Å². The van der Waals surface area contributed by atoms with Crippen molar-refractivity contribution in [1.82, 2.24) is 10.3 Å². The molecule has 0 bridgehead atoms. The highest BCUT2D eigenvalue weighted by molar-refractivity contribution is 5.27. The van der Waals surface area contributed by atoms with Crippen molar-refractivity contribution in [3.63, 3.8) is 0 Å². The topological polar surface area (TPSA) is 24.9 Å². The Morgan fingerprint density at radius 1 is 1.46 bits per heavy atom. The zero-order valence-electron chi connectivity index (χ0n) is 7.66. The fourth-order valence-electron chi connectivity index (χ4n) is 2.84. The molecule has 2 heterocycles. The van der Waals surface area contributed by atoms with Gasteiger partial charge in [-0.3, -0.25) is 4.98 Å². The molecule has 3 rings (SSSR count). The van der Waals surface area contributed by atoms with Crippen LogP contribution in [0.5, 0.6) is 0 Å². The van der Waals surface area contributed by atoms with E-state index in [0.29, 0.717) is 5.54 Å². The van der Waals surface area contributed by atoms with E-state index in [-0.39, 0.29) is 0 Å². The molecular weight excluding hydrogens is 160 g/mol. The van der Waals surface area contributed by atoms with Gasteiger partial charge in [0.2, 0.25) is 0 Å². The number of rotatable bonds is 1. The maximum absolute atomic E-state index is 4.20. The van der Waals surface area contributed by atoms with E-state index in [0.717, 1.165) is 5.92 Å². The van der Waals surface area contributed by atoms with Crippen LogP contribution in [0.25, 0.3) is 0 Å². The summed E-state index contributed by atoms with van der Waals surface area (Å²) >= 11 is 0. The summed E-state index contributed by atoms with van der Waals surface area (Å²) in [6.45, 7) is 1.18. The number of hydrogen-bond donors (Lipinski definition) is 1. The molecule has 68 valence electrons. The van der Waals surface area contributed by atoms with Gasteiger partial charge in [-0.25, -0.2) is 0 Å². The molecule has 2 nitrogen and oxygen atoms in total. The Kier molecular flexibility index (Phi) is 1.47. The van der Waals surface area contributed by atoms with Crippen molar-refractivity contribution in [1.29, 1.82) is 0 Å². The smallest absolute Gasteiger partial charge is 0.0479 e. The number of fused-ring (bicyclic) bond motifs is 1. The van der Waals surface area contributed by atoms with E-state index in [1.807, 2.05) is 18.5 Å². The lowest BCUT2D eigenvalue weighted by Gasteiger charge is -2.45. The van der Waals surface area contributed by atoms with Gasteiger partial charge in [0.15, 0.2) is 0 Å². The summed E-state index contributed by atoms with van der Waals surface area (Å²) in [5, 5.41) is 3.65. The Hall–Kier alpha value is -0.890. The fraction of sp³-hybridized carbons (Fsp3) is 0.545. The minimum atomic E-state index is 0.314. The minimum absolute atomic E-state index is 0.314. The number of aromatic nitrogens is 1. The van der Waals surface area contributed by atoms with Gasteiger partial charge < -0.3 is 5.32 Å². The number of nitrogens with one attached hydrogen (secondary N) is 1. The monoisotopic (exact) mass is 174 g/mol. The third kappa shape index (κ3) is 0.894. The Morgan fingerprint density at radius 2 is 2.46 bits per heavy atom. The molecule has 2 heteroatoms. The van der Waals surface area contributed by atoms with Crippen LogP contribution >= 0.6 is 0 Å². The average molecular weight is 174 g/mol. The molecule has 2 aliphatic rings. The van der Waals surface area contributed by atoms with E-state index in [4.69, 9.17) is 0 Å². The Morgan fingerprint density at radius 3 is 3.08 bits per heavy atom. The summed E-state index contributed by atoms with van der Waals surface area (Å²) in [5.41, 5.74) is 1.71. The van der Waals surface area contributed by atoms with Gasteiger partial charge in [-0.05, 0) is 43.4 Å². The second kappa shape index (κ2) is 2.55. The molecule has 1 aromatic rings. The number of pyridine rings is 1. The van der Waals surface area contributed by atoms with Crippen molar-refractivity contribution < 1.29 is 0 Å². The lowest BCUT2D eigenvalue weighted by Crippen LogP contribution is -2.48. The summed E-state index contributed by atoms with van der Waals surface area (Å²) in [6.07, 6.45) is 7.90. The van der Waals surface area contributed by atoms with Crippen LogP contribution in [-0.4, -0.2) is 11.5 Å². The molecule has 1 saturated heterocycles. The number of hydrogen-bond acceptors (Lipinski definition) is 2. The van der Waals surface area contributed by atoms with Crippen LogP contribution in [0.4, 0.5) is 0 Å². The van der Waals surface area contributed by atoms with E-state index in [1.165, 1.54) is 31.4 Å². The second-order valence-corrected chi connectivity index (χ2v) is 4.16. The van der Waals surface area contributed by atoms with Crippen molar-refractivity contribution in [3.05, 3.63) is 30.1 Å². The summed E-state index contributed by atoms with van der Waals surface area (Å²) < 4.78 is 0. The van der Waals surface area contributed by atoms with Crippen LogP contribution < -0.4 is 5.32 Å². The van der Waals surface area contributed by atoms with E-state index in [9.17, 15) is 0 Å². The normalized spacial score (nSPS) is 36.8. The molecule has 1 aromatic heterocycles. The first-order valence-corrected chi connectivity index (χ1v) is 5.07. The Labute approximate surface area is 78.4 Å². The largest absolute Gasteiger partial charge is 0.307 e. The highest BCUT2D eigenvalue weighted by Gasteiger charge is 2.50. The SMILES string of the molecule is c1cncc([C@@]23CC[C@@H]2CCN3)c1. The van der Waals surface area contributed by atoms with Crippen molar-refractivity contribution >= 4 is 0 Å². The van der Waals surface area contributed by atoms with E-state index < -0.39 is 0 Å². The predicted molar refractivity (Wildman–Crippen MR) is 51.3 cm³/mol. The van der Waals surface area contributed by atoms with E-state index in [2.05, 4.69) is 16.4 Å². The highest BCUT2D eigenvalue weighted by Crippen LogP contribution is 2.51. The van der Waals surface area contributed by atoms with Gasteiger partial charge in [0, 0.05) is 17.9 Å². The maximum atomic E-state index is 4.20. The lowest BCUT2D eigenvalue weighted by atomic mass is 9.65. The van der Waals surface area contributed by atoms with Crippen LogP contribution in [0.3, 0.4) is 0 Å². The van der Waals surface area contributed by atoms with Crippen LogP contribution in [-0.2, 0) is 5.54 Å². The molecule has 2 fully saturated rings. The van der Waals surface area contributed by atoms with E-state index >= 15 is 0 Å². The molecule has 0 spiro atoms. The summed E-state index contributed by atoms with van der Waals surface area (Å²) in [4.78, 5) is 4.20. The molecule has 0 unspecified atom stereocenters. The average Bonchev–Trinajstić information content (AvgIpc) is 2.45. The summed E-state index contributed by atoms with van der Waals surface area (Å²) in [5.74, 6) is 0.872. The second-order valence-electron chi connectivity index (χ2n) is 4.16. The van der Waals surface area contributed by atoms with Crippen LogP contribution in [0, 0.1) is 5.92 Å². The Balaban J connectivity index is 2.00. The first-order valence-electron chi connectivity index (χ1n) is 5.07. The molecular formula is C11H14N2. The van der Waals surface area contributed by atoms with Gasteiger partial charge >= 0.3 is 0 Å². The van der Waals surface area contributed by atoms with Crippen LogP contribution in [0.1, 0.15) is 24.8 Å². The van der Waals surface area contributed by atoms with Gasteiger partial charge in [0.05, 0.1) is 0 Å². The highest BCUT2D eigenvalue weighted by atomic mass is 15.0. The van der Waals surface area contributed by atoms with Crippen LogP contribution in [0.2, 0.25) is 0 Å². The first kappa shape index (κ1) is 7.51. The lowest BCUT2D eigenvalue weighted by molar-refractivity contribution is 0.136. The minimum Gasteiger partial charge on any atom is -0.307 e. The molecule has 13 heavy (non-hydrogen) atoms. The molecule has 0 radical (unpaired) electrons. The van der Waals surface area contributed by atoms with Gasteiger partial charge in [0.1, 0.15) is 0 Å². The Bertz CT molecular complexity index is 309. The third-order valence-electron chi connectivity index (χ3n) is 3.69. The van der Waals surface area contributed by atoms with Crippen molar-refractivity contribution in [2.24, 2.45) is 5.92 Å². The summed E-state index contributed by atoms with van der Waals surface area (Å²) in [7, 11) is 0. The molecule has 1 saturated carbocycles. The predicted octanol–water partition coefficient (Wildman–Crippen LogP) is 1.68. The summed E-state index contributed by atoms with van der Waals surface area (Å²) in [6, 6.07) is 4.25. The third-order valence-corrected chi connectivity index (χ3v) is 3.69. The fourth-order valence-corrected chi connectivity index (χ4v) is 2.84. The molecule has 1 aliphatic heterocycles. The van der Waals surface area contributed by atoms with Gasteiger partial charge in [0.25, 0.3) is 0 Å². The molecule has 2 atom stereocenters. The van der Waals surface area contributed by atoms with Crippen LogP contribution in [0.15, 0.2) is 24.5 Å². The number of nitrogens with zero attached hydrogens (tertiary/aromatic N) is 1. The van der Waals surface area contributed by atoms with E-state index in [1.54, 1.807) is 0 Å². The standard InChI is InChI=1S/C11H14N2/c1-2-10(8-12-6-1)11-5-3-9(11)4-7-13-11/h1-2,6,8-9,13H,3-5,7H2/t9-,11-/m1/s1. The molecule has 0 amide bonds. The van der Waals surface area contributed by atoms with Gasteiger partial charge in [-0.1, -0.05) is 6.07 Å². The van der Waals surface area contributed by atoms with Gasteiger partial charge in [-0.2, -0.15) is 0 Å². The first-order chi connectivity index (χ1) is 6.42. The maximum Gasteiger partial charge on any atom is 0.0479 e. The van der Waals surface area contributed by atoms with Gasteiger partial charge in [-0.15, -0.1) is 0 Å². The van der Waals surface area contributed by atoms with Crippen molar-refractivity contribution in [3.8, 4) is 0 Å². The molecule has 0 aromatic carbocycles.